The van der Waals surface area contributed by atoms with Crippen molar-refractivity contribution in [2.24, 2.45) is 0 Å². The maximum atomic E-state index is 12.4. The van der Waals surface area contributed by atoms with Crippen LogP contribution >= 0.6 is 0 Å². The van der Waals surface area contributed by atoms with Crippen LogP contribution in [0.2, 0.25) is 0 Å². The van der Waals surface area contributed by atoms with E-state index in [2.05, 4.69) is 10.6 Å². The number of benzene rings is 1. The molecule has 0 radical (unpaired) electrons. The number of ether oxygens (including phenoxy) is 1. The standard InChI is InChI=1S/C15H18N2O3/c18-14-12(6-3-8-16-14)17-15(19)13-11-5-2-1-4-10(11)7-9-20-13/h1-2,4-5,12-13H,3,6-9H2,(H,16,18)(H,17,19)/t12-,13-/m1/s1. The molecule has 2 aliphatic rings. The predicted molar refractivity (Wildman–Crippen MR) is 73.0 cm³/mol. The van der Waals surface area contributed by atoms with Crippen LogP contribution in [0, 0.1) is 0 Å². The zero-order chi connectivity index (χ0) is 13.9. The third-order valence-electron chi connectivity index (χ3n) is 3.83. The summed E-state index contributed by atoms with van der Waals surface area (Å²) in [5.74, 6) is -0.326. The van der Waals surface area contributed by atoms with Gasteiger partial charge in [0.05, 0.1) is 6.61 Å². The number of piperidine rings is 1. The van der Waals surface area contributed by atoms with E-state index in [9.17, 15) is 9.59 Å². The molecule has 1 saturated heterocycles. The summed E-state index contributed by atoms with van der Waals surface area (Å²) in [5, 5.41) is 5.57. The van der Waals surface area contributed by atoms with E-state index in [0.29, 0.717) is 19.6 Å². The summed E-state index contributed by atoms with van der Waals surface area (Å²) < 4.78 is 5.60. The number of carbonyl (C=O) groups is 2. The fourth-order valence-corrected chi connectivity index (χ4v) is 2.77. The minimum Gasteiger partial charge on any atom is -0.363 e. The molecule has 0 unspecified atom stereocenters. The van der Waals surface area contributed by atoms with Crippen molar-refractivity contribution >= 4 is 11.8 Å². The number of amides is 2. The number of rotatable bonds is 2. The number of carbonyl (C=O) groups excluding carboxylic acids is 2. The van der Waals surface area contributed by atoms with Crippen molar-refractivity contribution in [2.75, 3.05) is 13.2 Å². The summed E-state index contributed by atoms with van der Waals surface area (Å²) in [5.41, 5.74) is 2.06. The van der Waals surface area contributed by atoms with Crippen molar-refractivity contribution in [1.82, 2.24) is 10.6 Å². The number of hydrogen-bond donors (Lipinski definition) is 2. The summed E-state index contributed by atoms with van der Waals surface area (Å²) in [6, 6.07) is 7.37. The van der Waals surface area contributed by atoms with Crippen molar-refractivity contribution in [3.63, 3.8) is 0 Å². The molecule has 2 heterocycles. The number of nitrogens with one attached hydrogen (secondary N) is 2. The molecule has 0 aliphatic carbocycles. The molecule has 0 aromatic heterocycles. The molecule has 5 heteroatoms. The van der Waals surface area contributed by atoms with Crippen molar-refractivity contribution in [3.05, 3.63) is 35.4 Å². The average molecular weight is 274 g/mol. The molecule has 2 amide bonds. The van der Waals surface area contributed by atoms with Gasteiger partial charge in [0.15, 0.2) is 6.10 Å². The highest BCUT2D eigenvalue weighted by molar-refractivity contribution is 5.90. The first-order valence-electron chi connectivity index (χ1n) is 7.03. The van der Waals surface area contributed by atoms with Gasteiger partial charge in [0, 0.05) is 6.54 Å². The van der Waals surface area contributed by atoms with E-state index in [0.717, 1.165) is 24.0 Å². The van der Waals surface area contributed by atoms with Gasteiger partial charge in [0.25, 0.3) is 5.91 Å². The molecule has 0 saturated carbocycles. The minimum atomic E-state index is -0.602. The molecule has 2 aliphatic heterocycles. The first-order valence-corrected chi connectivity index (χ1v) is 7.03. The van der Waals surface area contributed by atoms with Gasteiger partial charge in [-0.25, -0.2) is 0 Å². The van der Waals surface area contributed by atoms with E-state index in [1.165, 1.54) is 0 Å². The third kappa shape index (κ3) is 2.54. The van der Waals surface area contributed by atoms with Crippen LogP contribution in [0.5, 0.6) is 0 Å². The molecule has 2 atom stereocenters. The first kappa shape index (κ1) is 13.1. The van der Waals surface area contributed by atoms with Crippen molar-refractivity contribution in [3.8, 4) is 0 Å². The van der Waals surface area contributed by atoms with Gasteiger partial charge in [-0.15, -0.1) is 0 Å². The maximum Gasteiger partial charge on any atom is 0.254 e. The monoisotopic (exact) mass is 274 g/mol. The van der Waals surface area contributed by atoms with Crippen LogP contribution in [-0.2, 0) is 20.7 Å². The van der Waals surface area contributed by atoms with Gasteiger partial charge < -0.3 is 15.4 Å². The van der Waals surface area contributed by atoms with Crippen LogP contribution in [0.1, 0.15) is 30.1 Å². The molecule has 5 nitrogen and oxygen atoms in total. The molecule has 3 rings (SSSR count). The van der Waals surface area contributed by atoms with Gasteiger partial charge >= 0.3 is 0 Å². The minimum absolute atomic E-state index is 0.103. The number of fused-ring (bicyclic) bond motifs is 1. The lowest BCUT2D eigenvalue weighted by molar-refractivity contribution is -0.138. The molecular formula is C15H18N2O3. The van der Waals surface area contributed by atoms with Crippen molar-refractivity contribution < 1.29 is 14.3 Å². The second kappa shape index (κ2) is 5.63. The molecule has 1 fully saturated rings. The Kier molecular flexibility index (Phi) is 3.69. The smallest absolute Gasteiger partial charge is 0.254 e. The fraction of sp³-hybridized carbons (Fsp3) is 0.467. The van der Waals surface area contributed by atoms with Crippen LogP contribution in [0.3, 0.4) is 0 Å². The second-order valence-corrected chi connectivity index (χ2v) is 5.19. The Hall–Kier alpha value is -1.88. The van der Waals surface area contributed by atoms with Gasteiger partial charge in [0.2, 0.25) is 5.91 Å². The van der Waals surface area contributed by atoms with Gasteiger partial charge in [-0.3, -0.25) is 9.59 Å². The lowest BCUT2D eigenvalue weighted by Crippen LogP contribution is -2.51. The highest BCUT2D eigenvalue weighted by Gasteiger charge is 2.31. The molecule has 1 aromatic carbocycles. The van der Waals surface area contributed by atoms with E-state index in [1.54, 1.807) is 0 Å². The Labute approximate surface area is 117 Å². The molecule has 20 heavy (non-hydrogen) atoms. The topological polar surface area (TPSA) is 67.4 Å². The lowest BCUT2D eigenvalue weighted by Gasteiger charge is -2.28. The summed E-state index contributed by atoms with van der Waals surface area (Å²) in [6.07, 6.45) is 1.80. The third-order valence-corrected chi connectivity index (χ3v) is 3.83. The van der Waals surface area contributed by atoms with E-state index in [-0.39, 0.29) is 11.8 Å². The van der Waals surface area contributed by atoms with Crippen LogP contribution in [0.25, 0.3) is 0 Å². The summed E-state index contributed by atoms with van der Waals surface area (Å²) in [4.78, 5) is 24.0. The maximum absolute atomic E-state index is 12.4. The first-order chi connectivity index (χ1) is 9.75. The van der Waals surface area contributed by atoms with E-state index in [1.807, 2.05) is 24.3 Å². The summed E-state index contributed by atoms with van der Waals surface area (Å²) in [7, 11) is 0. The van der Waals surface area contributed by atoms with Crippen LogP contribution in [-0.4, -0.2) is 31.0 Å². The van der Waals surface area contributed by atoms with Crippen LogP contribution < -0.4 is 10.6 Å². The molecule has 1 aromatic rings. The largest absolute Gasteiger partial charge is 0.363 e. The fourth-order valence-electron chi connectivity index (χ4n) is 2.77. The Bertz CT molecular complexity index is 530. The Balaban J connectivity index is 1.73. The van der Waals surface area contributed by atoms with Crippen molar-refractivity contribution in [1.29, 1.82) is 0 Å². The van der Waals surface area contributed by atoms with Gasteiger partial charge in [-0.05, 0) is 30.4 Å². The lowest BCUT2D eigenvalue weighted by atomic mass is 9.96. The zero-order valence-corrected chi connectivity index (χ0v) is 11.2. The van der Waals surface area contributed by atoms with Crippen molar-refractivity contribution in [2.45, 2.75) is 31.4 Å². The quantitative estimate of drug-likeness (QED) is 0.834. The Morgan fingerprint density at radius 2 is 2.20 bits per heavy atom. The van der Waals surface area contributed by atoms with E-state index >= 15 is 0 Å². The summed E-state index contributed by atoms with van der Waals surface area (Å²) >= 11 is 0. The normalized spacial score (nSPS) is 25.5. The molecule has 2 N–H and O–H groups in total. The van der Waals surface area contributed by atoms with E-state index in [4.69, 9.17) is 4.74 Å². The van der Waals surface area contributed by atoms with Gasteiger partial charge in [0.1, 0.15) is 6.04 Å². The van der Waals surface area contributed by atoms with Gasteiger partial charge in [-0.1, -0.05) is 24.3 Å². The van der Waals surface area contributed by atoms with Crippen LogP contribution in [0.15, 0.2) is 24.3 Å². The molecular weight excluding hydrogens is 256 g/mol. The Morgan fingerprint density at radius 1 is 1.35 bits per heavy atom. The zero-order valence-electron chi connectivity index (χ0n) is 11.2. The van der Waals surface area contributed by atoms with E-state index < -0.39 is 12.1 Å². The molecule has 0 spiro atoms. The molecule has 106 valence electrons. The van der Waals surface area contributed by atoms with Crippen LogP contribution in [0.4, 0.5) is 0 Å². The number of hydrogen-bond acceptors (Lipinski definition) is 3. The second-order valence-electron chi connectivity index (χ2n) is 5.19. The molecule has 0 bridgehead atoms. The Morgan fingerprint density at radius 3 is 3.05 bits per heavy atom. The SMILES string of the molecule is O=C1NCCC[C@H]1NC(=O)[C@@H]1OCCc2ccccc21. The predicted octanol–water partition coefficient (Wildman–Crippen LogP) is 0.695. The highest BCUT2D eigenvalue weighted by Crippen LogP contribution is 2.27. The summed E-state index contributed by atoms with van der Waals surface area (Å²) in [6.45, 7) is 1.22. The van der Waals surface area contributed by atoms with Gasteiger partial charge in [-0.2, -0.15) is 0 Å². The average Bonchev–Trinajstić information content (AvgIpc) is 2.49. The highest BCUT2D eigenvalue weighted by atomic mass is 16.5.